The second-order valence-corrected chi connectivity index (χ2v) is 4.96. The minimum absolute atomic E-state index is 0.221. The molecule has 0 aliphatic heterocycles. The highest BCUT2D eigenvalue weighted by molar-refractivity contribution is 7.85. The molecule has 0 aromatic heterocycles. The van der Waals surface area contributed by atoms with Gasteiger partial charge >= 0.3 is 5.97 Å². The maximum absolute atomic E-state index is 11.4. The van der Waals surface area contributed by atoms with Crippen molar-refractivity contribution in [2.75, 3.05) is 12.9 Å². The minimum Gasteiger partial charge on any atom is -0.469 e. The van der Waals surface area contributed by atoms with Crippen LogP contribution in [0.1, 0.15) is 33.1 Å². The van der Waals surface area contributed by atoms with Gasteiger partial charge in [0.2, 0.25) is 0 Å². The van der Waals surface area contributed by atoms with E-state index in [4.69, 9.17) is 0 Å². The molecule has 0 amide bonds. The van der Waals surface area contributed by atoms with Gasteiger partial charge < -0.3 is 4.74 Å². The lowest BCUT2D eigenvalue weighted by atomic mass is 10.3. The molecule has 13 heavy (non-hydrogen) atoms. The SMILES string of the molecule is CCC(C)S(=O)CCCC(=O)OC. The van der Waals surface area contributed by atoms with Gasteiger partial charge in [-0.15, -0.1) is 0 Å². The van der Waals surface area contributed by atoms with Crippen molar-refractivity contribution >= 4 is 16.8 Å². The van der Waals surface area contributed by atoms with Crippen molar-refractivity contribution in [3.8, 4) is 0 Å². The molecule has 0 fully saturated rings. The summed E-state index contributed by atoms with van der Waals surface area (Å²) in [7, 11) is 0.578. The van der Waals surface area contributed by atoms with E-state index in [1.807, 2.05) is 13.8 Å². The Morgan fingerprint density at radius 3 is 2.62 bits per heavy atom. The van der Waals surface area contributed by atoms with Crippen molar-refractivity contribution in [2.45, 2.75) is 38.4 Å². The van der Waals surface area contributed by atoms with Gasteiger partial charge in [0.1, 0.15) is 0 Å². The van der Waals surface area contributed by atoms with Crippen LogP contribution in [-0.2, 0) is 20.3 Å². The Balaban J connectivity index is 3.53. The van der Waals surface area contributed by atoms with Crippen LogP contribution in [0.5, 0.6) is 0 Å². The molecular formula is C9H18O3S. The summed E-state index contributed by atoms with van der Waals surface area (Å²) in [4.78, 5) is 10.7. The van der Waals surface area contributed by atoms with E-state index in [-0.39, 0.29) is 11.2 Å². The predicted molar refractivity (Wildman–Crippen MR) is 54.0 cm³/mol. The Hall–Kier alpha value is -0.380. The van der Waals surface area contributed by atoms with E-state index in [9.17, 15) is 9.00 Å². The van der Waals surface area contributed by atoms with Crippen LogP contribution < -0.4 is 0 Å². The van der Waals surface area contributed by atoms with Crippen molar-refractivity contribution < 1.29 is 13.7 Å². The molecule has 3 nitrogen and oxygen atoms in total. The second-order valence-electron chi connectivity index (χ2n) is 2.98. The summed E-state index contributed by atoms with van der Waals surface area (Å²) in [5.74, 6) is 0.380. The molecule has 0 heterocycles. The van der Waals surface area contributed by atoms with E-state index in [2.05, 4.69) is 4.74 Å². The van der Waals surface area contributed by atoms with Crippen LogP contribution >= 0.6 is 0 Å². The topological polar surface area (TPSA) is 43.4 Å². The molecule has 0 N–H and O–H groups in total. The van der Waals surface area contributed by atoms with Gasteiger partial charge in [-0.05, 0) is 12.8 Å². The van der Waals surface area contributed by atoms with Gasteiger partial charge in [0.15, 0.2) is 0 Å². The van der Waals surface area contributed by atoms with Crippen LogP contribution in [0.4, 0.5) is 0 Å². The van der Waals surface area contributed by atoms with Gasteiger partial charge in [-0.25, -0.2) is 0 Å². The van der Waals surface area contributed by atoms with Crippen LogP contribution in [0.25, 0.3) is 0 Å². The van der Waals surface area contributed by atoms with Crippen molar-refractivity contribution in [3.63, 3.8) is 0 Å². The Morgan fingerprint density at radius 1 is 1.54 bits per heavy atom. The number of ether oxygens (including phenoxy) is 1. The lowest BCUT2D eigenvalue weighted by Gasteiger charge is -2.07. The van der Waals surface area contributed by atoms with Crippen LogP contribution in [0.3, 0.4) is 0 Å². The van der Waals surface area contributed by atoms with Gasteiger partial charge in [-0.3, -0.25) is 9.00 Å². The average molecular weight is 206 g/mol. The molecule has 0 aromatic rings. The fourth-order valence-electron chi connectivity index (χ4n) is 0.848. The standard InChI is InChI=1S/C9H18O3S/c1-4-8(2)13(11)7-5-6-9(10)12-3/h8H,4-7H2,1-3H3. The smallest absolute Gasteiger partial charge is 0.305 e. The lowest BCUT2D eigenvalue weighted by molar-refractivity contribution is -0.140. The largest absolute Gasteiger partial charge is 0.469 e. The normalized spacial score (nSPS) is 15.0. The molecule has 2 unspecified atom stereocenters. The van der Waals surface area contributed by atoms with Crippen molar-refractivity contribution in [3.05, 3.63) is 0 Å². The molecule has 0 aromatic carbocycles. The molecule has 0 bridgehead atoms. The third-order valence-electron chi connectivity index (χ3n) is 1.98. The van der Waals surface area contributed by atoms with Crippen molar-refractivity contribution in [2.24, 2.45) is 0 Å². The van der Waals surface area contributed by atoms with Crippen molar-refractivity contribution in [1.82, 2.24) is 0 Å². The van der Waals surface area contributed by atoms with E-state index >= 15 is 0 Å². The van der Waals surface area contributed by atoms with Gasteiger partial charge in [-0.2, -0.15) is 0 Å². The Kier molecular flexibility index (Phi) is 6.86. The summed E-state index contributed by atoms with van der Waals surface area (Å²) in [6.45, 7) is 3.98. The van der Waals surface area contributed by atoms with Crippen LogP contribution in [0, 0.1) is 0 Å². The third-order valence-corrected chi connectivity index (χ3v) is 3.90. The number of hydrogen-bond donors (Lipinski definition) is 0. The molecule has 4 heteroatoms. The first-order valence-electron chi connectivity index (χ1n) is 4.55. The van der Waals surface area contributed by atoms with Crippen LogP contribution in [0.2, 0.25) is 0 Å². The highest BCUT2D eigenvalue weighted by Gasteiger charge is 2.09. The number of carbonyl (C=O) groups excluding carboxylic acids is 1. The fourth-order valence-corrected chi connectivity index (χ4v) is 2.05. The van der Waals surface area contributed by atoms with E-state index in [0.29, 0.717) is 18.6 Å². The maximum Gasteiger partial charge on any atom is 0.305 e. The molecule has 78 valence electrons. The highest BCUT2D eigenvalue weighted by Crippen LogP contribution is 2.03. The van der Waals surface area contributed by atoms with Crippen molar-refractivity contribution in [1.29, 1.82) is 0 Å². The van der Waals surface area contributed by atoms with Gasteiger partial charge in [-0.1, -0.05) is 13.8 Å². The first-order valence-corrected chi connectivity index (χ1v) is 5.94. The molecule has 0 spiro atoms. The quantitative estimate of drug-likeness (QED) is 0.618. The summed E-state index contributed by atoms with van der Waals surface area (Å²) in [6.07, 6.45) is 1.95. The zero-order chi connectivity index (χ0) is 10.3. The Morgan fingerprint density at radius 2 is 2.15 bits per heavy atom. The summed E-state index contributed by atoms with van der Waals surface area (Å²) >= 11 is 0. The fraction of sp³-hybridized carbons (Fsp3) is 0.889. The summed E-state index contributed by atoms with van der Waals surface area (Å²) < 4.78 is 15.9. The first-order chi connectivity index (χ1) is 6.11. The molecule has 0 saturated carbocycles. The third kappa shape index (κ3) is 5.80. The number of hydrogen-bond acceptors (Lipinski definition) is 3. The van der Waals surface area contributed by atoms with Crippen LogP contribution in [-0.4, -0.2) is 28.3 Å². The first kappa shape index (κ1) is 12.6. The number of rotatable bonds is 6. The van der Waals surface area contributed by atoms with E-state index < -0.39 is 10.8 Å². The lowest BCUT2D eigenvalue weighted by Crippen LogP contribution is -2.13. The highest BCUT2D eigenvalue weighted by atomic mass is 32.2. The zero-order valence-electron chi connectivity index (χ0n) is 8.54. The molecule has 0 rings (SSSR count). The zero-order valence-corrected chi connectivity index (χ0v) is 9.36. The minimum atomic E-state index is -0.791. The molecule has 0 aliphatic rings. The number of esters is 1. The maximum atomic E-state index is 11.4. The van der Waals surface area contributed by atoms with E-state index in [0.717, 1.165) is 6.42 Å². The van der Waals surface area contributed by atoms with Gasteiger partial charge in [0.25, 0.3) is 0 Å². The monoisotopic (exact) mass is 206 g/mol. The molecule has 2 atom stereocenters. The molecular weight excluding hydrogens is 188 g/mol. The summed E-state index contributed by atoms with van der Waals surface area (Å²) in [5.41, 5.74) is 0. The van der Waals surface area contributed by atoms with Crippen LogP contribution in [0.15, 0.2) is 0 Å². The predicted octanol–water partition coefficient (Wildman–Crippen LogP) is 1.49. The molecule has 0 saturated heterocycles. The average Bonchev–Trinajstić information content (AvgIpc) is 2.15. The Bertz CT molecular complexity index is 180. The number of carbonyl (C=O) groups is 1. The second kappa shape index (κ2) is 7.06. The van der Waals surface area contributed by atoms with Gasteiger partial charge in [0.05, 0.1) is 7.11 Å². The molecule has 0 aliphatic carbocycles. The van der Waals surface area contributed by atoms with E-state index in [1.54, 1.807) is 0 Å². The summed E-state index contributed by atoms with van der Waals surface area (Å²) in [5, 5.41) is 0.234. The van der Waals surface area contributed by atoms with E-state index in [1.165, 1.54) is 7.11 Å². The summed E-state index contributed by atoms with van der Waals surface area (Å²) in [6, 6.07) is 0. The van der Waals surface area contributed by atoms with Gasteiger partial charge in [0, 0.05) is 28.2 Å². The Labute approximate surface area is 82.3 Å². The number of methoxy groups -OCH3 is 1. The molecule has 0 radical (unpaired) electrons.